The van der Waals surface area contributed by atoms with Crippen molar-refractivity contribution in [2.24, 2.45) is 0 Å². The molecule has 21 heavy (non-hydrogen) atoms. The predicted molar refractivity (Wildman–Crippen MR) is 91.2 cm³/mol. The smallest absolute Gasteiger partial charge is 0.130 e. The number of nitrogens with zero attached hydrogens (tertiary/aromatic N) is 2. The van der Waals surface area contributed by atoms with E-state index in [1.54, 1.807) is 12.1 Å². The third kappa shape index (κ3) is 3.20. The summed E-state index contributed by atoms with van der Waals surface area (Å²) < 4.78 is 8.40. The average molecular weight is 379 g/mol. The van der Waals surface area contributed by atoms with Crippen LogP contribution in [0, 0.1) is 0 Å². The quantitative estimate of drug-likeness (QED) is 0.614. The van der Waals surface area contributed by atoms with E-state index in [1.165, 1.54) is 0 Å². The van der Waals surface area contributed by atoms with E-state index in [0.29, 0.717) is 43.4 Å². The average Bonchev–Trinajstić information content (AvgIpc) is 2.86. The summed E-state index contributed by atoms with van der Waals surface area (Å²) in [6, 6.07) is 7.01. The number of hydrogen-bond donors (Lipinski definition) is 1. The van der Waals surface area contributed by atoms with Crippen LogP contribution in [0.5, 0.6) is 0 Å². The number of anilines is 1. The SMILES string of the molecule is Clc1cc(Cl)cc(CNc2c(Cl)cc(Cl)c3nsnc23)c1. The Bertz CT molecular complexity index is 798. The van der Waals surface area contributed by atoms with Gasteiger partial charge in [0, 0.05) is 16.6 Å². The zero-order valence-corrected chi connectivity index (χ0v) is 14.2. The summed E-state index contributed by atoms with van der Waals surface area (Å²) in [7, 11) is 0. The highest BCUT2D eigenvalue weighted by molar-refractivity contribution is 7.00. The van der Waals surface area contributed by atoms with Gasteiger partial charge in [-0.25, -0.2) is 0 Å². The van der Waals surface area contributed by atoms with Crippen LogP contribution < -0.4 is 5.32 Å². The maximum absolute atomic E-state index is 6.23. The number of nitrogens with one attached hydrogen (secondary N) is 1. The summed E-state index contributed by atoms with van der Waals surface area (Å²) >= 11 is 25.4. The molecule has 0 radical (unpaired) electrons. The fourth-order valence-corrected chi connectivity index (χ4v) is 3.70. The standard InChI is InChI=1S/C13H7Cl4N3S/c14-7-1-6(2-8(15)3-7)5-18-11-9(16)4-10(17)12-13(11)20-21-19-12/h1-4,18H,5H2. The Balaban J connectivity index is 1.93. The van der Waals surface area contributed by atoms with Crippen LogP contribution >= 0.6 is 58.1 Å². The lowest BCUT2D eigenvalue weighted by Crippen LogP contribution is -2.01. The van der Waals surface area contributed by atoms with Gasteiger partial charge in [-0.05, 0) is 29.8 Å². The Hall–Kier alpha value is -0.780. The highest BCUT2D eigenvalue weighted by Crippen LogP contribution is 2.35. The summed E-state index contributed by atoms with van der Waals surface area (Å²) in [6.45, 7) is 0.508. The van der Waals surface area contributed by atoms with Gasteiger partial charge in [-0.15, -0.1) is 0 Å². The number of fused-ring (bicyclic) bond motifs is 1. The van der Waals surface area contributed by atoms with Gasteiger partial charge >= 0.3 is 0 Å². The van der Waals surface area contributed by atoms with E-state index in [9.17, 15) is 0 Å². The van der Waals surface area contributed by atoms with Crippen molar-refractivity contribution in [1.82, 2.24) is 8.75 Å². The van der Waals surface area contributed by atoms with Gasteiger partial charge < -0.3 is 5.32 Å². The summed E-state index contributed by atoms with van der Waals surface area (Å²) in [5.41, 5.74) is 2.93. The fraction of sp³-hybridized carbons (Fsp3) is 0.0769. The van der Waals surface area contributed by atoms with Crippen LogP contribution in [0.1, 0.15) is 5.56 Å². The van der Waals surface area contributed by atoms with Gasteiger partial charge in [0.05, 0.1) is 27.5 Å². The number of hydrogen-bond acceptors (Lipinski definition) is 4. The van der Waals surface area contributed by atoms with Gasteiger partial charge in [0.1, 0.15) is 11.0 Å². The van der Waals surface area contributed by atoms with Gasteiger partial charge in [0.2, 0.25) is 0 Å². The monoisotopic (exact) mass is 377 g/mol. The van der Waals surface area contributed by atoms with E-state index in [1.807, 2.05) is 12.1 Å². The van der Waals surface area contributed by atoms with Crippen molar-refractivity contribution in [3.63, 3.8) is 0 Å². The number of aromatic nitrogens is 2. The molecule has 8 heteroatoms. The van der Waals surface area contributed by atoms with Crippen LogP contribution in [0.2, 0.25) is 20.1 Å². The molecule has 0 unspecified atom stereocenters. The van der Waals surface area contributed by atoms with Gasteiger partial charge in [0.15, 0.2) is 0 Å². The van der Waals surface area contributed by atoms with Crippen LogP contribution in [-0.2, 0) is 6.54 Å². The third-order valence-electron chi connectivity index (χ3n) is 2.84. The molecular weight excluding hydrogens is 372 g/mol. The first-order valence-electron chi connectivity index (χ1n) is 5.83. The zero-order valence-electron chi connectivity index (χ0n) is 10.3. The number of benzene rings is 2. The van der Waals surface area contributed by atoms with Crippen molar-refractivity contribution in [3.05, 3.63) is 49.9 Å². The fourth-order valence-electron chi connectivity index (χ4n) is 1.95. The Labute approximate surface area is 145 Å². The summed E-state index contributed by atoms with van der Waals surface area (Å²) in [5, 5.41) is 5.39. The number of halogens is 4. The first-order valence-corrected chi connectivity index (χ1v) is 8.08. The number of rotatable bonds is 3. The first kappa shape index (κ1) is 15.1. The molecule has 1 N–H and O–H groups in total. The molecule has 108 valence electrons. The minimum absolute atomic E-state index is 0.486. The zero-order chi connectivity index (χ0) is 15.0. The molecule has 0 aliphatic heterocycles. The topological polar surface area (TPSA) is 37.8 Å². The van der Waals surface area contributed by atoms with E-state index in [0.717, 1.165) is 17.3 Å². The van der Waals surface area contributed by atoms with E-state index in [-0.39, 0.29) is 0 Å². The van der Waals surface area contributed by atoms with Crippen LogP contribution in [0.4, 0.5) is 5.69 Å². The van der Waals surface area contributed by atoms with Gasteiger partial charge in [-0.1, -0.05) is 46.4 Å². The Kier molecular flexibility index (Phi) is 4.43. The molecule has 0 aliphatic rings. The molecule has 3 aromatic rings. The van der Waals surface area contributed by atoms with Crippen LogP contribution in [0.15, 0.2) is 24.3 Å². The lowest BCUT2D eigenvalue weighted by Gasteiger charge is -2.10. The molecule has 0 bridgehead atoms. The largest absolute Gasteiger partial charge is 0.378 e. The van der Waals surface area contributed by atoms with E-state index >= 15 is 0 Å². The molecule has 0 atom stereocenters. The minimum atomic E-state index is 0.486. The second-order valence-electron chi connectivity index (χ2n) is 4.31. The Morgan fingerprint density at radius 1 is 0.857 bits per heavy atom. The predicted octanol–water partition coefficient (Wildman–Crippen LogP) is 5.92. The molecular formula is C13H7Cl4N3S. The minimum Gasteiger partial charge on any atom is -0.378 e. The second kappa shape index (κ2) is 6.15. The lowest BCUT2D eigenvalue weighted by atomic mass is 10.2. The molecule has 0 saturated carbocycles. The summed E-state index contributed by atoms with van der Waals surface area (Å²) in [5.74, 6) is 0. The molecule has 1 heterocycles. The van der Waals surface area contributed by atoms with E-state index < -0.39 is 0 Å². The highest BCUT2D eigenvalue weighted by Gasteiger charge is 2.13. The molecule has 2 aromatic carbocycles. The molecule has 0 saturated heterocycles. The van der Waals surface area contributed by atoms with E-state index in [2.05, 4.69) is 14.1 Å². The van der Waals surface area contributed by atoms with Crippen molar-refractivity contribution in [3.8, 4) is 0 Å². The maximum atomic E-state index is 6.23. The molecule has 3 rings (SSSR count). The van der Waals surface area contributed by atoms with Crippen LogP contribution in [0.3, 0.4) is 0 Å². The molecule has 0 amide bonds. The first-order chi connectivity index (χ1) is 10.0. The normalized spacial score (nSPS) is 11.0. The van der Waals surface area contributed by atoms with Crippen molar-refractivity contribution < 1.29 is 0 Å². The summed E-state index contributed by atoms with van der Waals surface area (Å²) in [6.07, 6.45) is 0. The van der Waals surface area contributed by atoms with Gasteiger partial charge in [0.25, 0.3) is 0 Å². The molecule has 0 spiro atoms. The second-order valence-corrected chi connectivity index (χ2v) is 6.52. The lowest BCUT2D eigenvalue weighted by molar-refractivity contribution is 1.15. The third-order valence-corrected chi connectivity index (χ3v) is 4.39. The van der Waals surface area contributed by atoms with Crippen molar-refractivity contribution in [2.45, 2.75) is 6.54 Å². The Morgan fingerprint density at radius 2 is 1.52 bits per heavy atom. The van der Waals surface area contributed by atoms with Crippen LogP contribution in [0.25, 0.3) is 11.0 Å². The molecule has 0 fully saturated rings. The highest BCUT2D eigenvalue weighted by atomic mass is 35.5. The van der Waals surface area contributed by atoms with Crippen molar-refractivity contribution in [2.75, 3.05) is 5.32 Å². The van der Waals surface area contributed by atoms with Gasteiger partial charge in [-0.2, -0.15) is 8.75 Å². The summed E-state index contributed by atoms with van der Waals surface area (Å²) in [4.78, 5) is 0. The Morgan fingerprint density at radius 3 is 2.24 bits per heavy atom. The van der Waals surface area contributed by atoms with Crippen molar-refractivity contribution >= 4 is 74.9 Å². The molecule has 3 nitrogen and oxygen atoms in total. The van der Waals surface area contributed by atoms with Crippen LogP contribution in [-0.4, -0.2) is 8.75 Å². The molecule has 1 aromatic heterocycles. The molecule has 0 aliphatic carbocycles. The van der Waals surface area contributed by atoms with Crippen molar-refractivity contribution in [1.29, 1.82) is 0 Å². The maximum Gasteiger partial charge on any atom is 0.130 e. The van der Waals surface area contributed by atoms with Gasteiger partial charge in [-0.3, -0.25) is 0 Å². The van der Waals surface area contributed by atoms with E-state index in [4.69, 9.17) is 46.4 Å².